The summed E-state index contributed by atoms with van der Waals surface area (Å²) in [6.07, 6.45) is 5.22. The number of carbonyl (C=O) groups excluding carboxylic acids is 1. The molecule has 0 bridgehead atoms. The van der Waals surface area contributed by atoms with E-state index in [0.717, 1.165) is 24.0 Å². The zero-order valence-electron chi connectivity index (χ0n) is 19.9. The van der Waals surface area contributed by atoms with E-state index in [4.69, 9.17) is 0 Å². The Morgan fingerprint density at radius 3 is 2.36 bits per heavy atom. The van der Waals surface area contributed by atoms with Crippen molar-refractivity contribution in [3.63, 3.8) is 0 Å². The topological polar surface area (TPSA) is 95.5 Å². The number of fused-ring (bicyclic) bond motifs is 1. The number of anilines is 1. The number of nitrogens with one attached hydrogen (secondary N) is 1. The van der Waals surface area contributed by atoms with Gasteiger partial charge < -0.3 is 4.90 Å². The maximum atomic E-state index is 13.1. The molecule has 36 heavy (non-hydrogen) atoms. The molecule has 8 nitrogen and oxygen atoms in total. The Balaban J connectivity index is 1.23. The number of nitrogens with zero attached hydrogens (tertiary/aromatic N) is 4. The fourth-order valence-corrected chi connectivity index (χ4v) is 5.75. The summed E-state index contributed by atoms with van der Waals surface area (Å²) < 4.78 is 28.7. The number of rotatable bonds is 6. The molecule has 0 saturated carbocycles. The van der Waals surface area contributed by atoms with E-state index in [2.05, 4.69) is 32.6 Å². The Hall–Kier alpha value is -3.82. The van der Waals surface area contributed by atoms with Crippen LogP contribution in [0.25, 0.3) is 10.9 Å². The van der Waals surface area contributed by atoms with Crippen LogP contribution in [0.2, 0.25) is 0 Å². The van der Waals surface area contributed by atoms with E-state index >= 15 is 0 Å². The van der Waals surface area contributed by atoms with Gasteiger partial charge >= 0.3 is 0 Å². The van der Waals surface area contributed by atoms with Crippen LogP contribution in [0.3, 0.4) is 0 Å². The fraction of sp³-hybridized carbons (Fsp3) is 0.222. The van der Waals surface area contributed by atoms with Crippen molar-refractivity contribution >= 4 is 32.5 Å². The van der Waals surface area contributed by atoms with Crippen LogP contribution in [-0.4, -0.2) is 60.3 Å². The van der Waals surface area contributed by atoms with Gasteiger partial charge in [0.05, 0.1) is 5.52 Å². The van der Waals surface area contributed by atoms with Crippen LogP contribution in [-0.2, 0) is 10.0 Å². The number of benzene rings is 2. The Morgan fingerprint density at radius 2 is 1.64 bits per heavy atom. The monoisotopic (exact) mass is 501 g/mol. The molecule has 1 saturated heterocycles. The molecule has 0 aliphatic carbocycles. The highest BCUT2D eigenvalue weighted by Crippen LogP contribution is 2.24. The van der Waals surface area contributed by atoms with Crippen LogP contribution in [0.1, 0.15) is 28.9 Å². The standard InChI is InChI=1S/C27H27N5O3S/c1-20(23-7-3-13-28-19-23)31-15-17-32(18-16-31)27(33)22-9-11-24(12-10-22)30-36(34,35)25-8-2-5-21-6-4-14-29-26(21)25/h2-14,19-20,30H,15-18H2,1H3. The van der Waals surface area contributed by atoms with Crippen LogP contribution in [0.4, 0.5) is 5.69 Å². The van der Waals surface area contributed by atoms with E-state index in [9.17, 15) is 13.2 Å². The van der Waals surface area contributed by atoms with Crippen molar-refractivity contribution in [1.82, 2.24) is 19.8 Å². The van der Waals surface area contributed by atoms with E-state index < -0.39 is 10.0 Å². The zero-order chi connectivity index (χ0) is 25.1. The Morgan fingerprint density at radius 1 is 0.917 bits per heavy atom. The van der Waals surface area contributed by atoms with Gasteiger partial charge in [-0.2, -0.15) is 0 Å². The maximum Gasteiger partial charge on any atom is 0.264 e. The molecule has 2 aromatic heterocycles. The molecular formula is C27H27N5O3S. The van der Waals surface area contributed by atoms with Crippen molar-refractivity contribution < 1.29 is 13.2 Å². The second-order valence-corrected chi connectivity index (χ2v) is 10.5. The Labute approximate surface area is 210 Å². The van der Waals surface area contributed by atoms with Crippen molar-refractivity contribution in [3.8, 4) is 0 Å². The first-order valence-electron chi connectivity index (χ1n) is 11.8. The molecule has 1 unspecified atom stereocenters. The smallest absolute Gasteiger partial charge is 0.264 e. The number of para-hydroxylation sites is 1. The third-order valence-electron chi connectivity index (χ3n) is 6.59. The van der Waals surface area contributed by atoms with Crippen LogP contribution in [0, 0.1) is 0 Å². The van der Waals surface area contributed by atoms with Gasteiger partial charge in [-0.25, -0.2) is 8.42 Å². The summed E-state index contributed by atoms with van der Waals surface area (Å²) >= 11 is 0. The highest BCUT2D eigenvalue weighted by atomic mass is 32.2. The van der Waals surface area contributed by atoms with Crippen molar-refractivity contribution in [2.75, 3.05) is 30.9 Å². The molecule has 9 heteroatoms. The first-order chi connectivity index (χ1) is 17.4. The molecule has 1 fully saturated rings. The number of pyridine rings is 2. The van der Waals surface area contributed by atoms with Gasteiger partial charge in [-0.05, 0) is 55.0 Å². The van der Waals surface area contributed by atoms with Crippen molar-refractivity contribution in [3.05, 3.63) is 96.4 Å². The number of hydrogen-bond donors (Lipinski definition) is 1. The minimum absolute atomic E-state index is 0.0589. The molecule has 1 aliphatic heterocycles. The van der Waals surface area contributed by atoms with Gasteiger partial charge in [0, 0.05) is 67.4 Å². The molecule has 5 rings (SSSR count). The van der Waals surface area contributed by atoms with Crippen molar-refractivity contribution in [2.45, 2.75) is 17.9 Å². The SMILES string of the molecule is CC(c1cccnc1)N1CCN(C(=O)c2ccc(NS(=O)(=O)c3cccc4cccnc34)cc2)CC1. The zero-order valence-corrected chi connectivity index (χ0v) is 20.7. The highest BCUT2D eigenvalue weighted by molar-refractivity contribution is 7.93. The van der Waals surface area contributed by atoms with Crippen LogP contribution < -0.4 is 4.72 Å². The number of carbonyl (C=O) groups is 1. The third kappa shape index (κ3) is 4.93. The first-order valence-corrected chi connectivity index (χ1v) is 13.3. The molecule has 2 aromatic carbocycles. The number of amides is 1. The lowest BCUT2D eigenvalue weighted by molar-refractivity contribution is 0.0582. The van der Waals surface area contributed by atoms with E-state index in [0.29, 0.717) is 29.9 Å². The molecule has 3 heterocycles. The van der Waals surface area contributed by atoms with Gasteiger partial charge in [0.15, 0.2) is 0 Å². The normalized spacial score (nSPS) is 15.5. The molecule has 1 atom stereocenters. The lowest BCUT2D eigenvalue weighted by atomic mass is 10.1. The van der Waals surface area contributed by atoms with Gasteiger partial charge in [-0.15, -0.1) is 0 Å². The van der Waals surface area contributed by atoms with Crippen molar-refractivity contribution in [1.29, 1.82) is 0 Å². The predicted molar refractivity (Wildman–Crippen MR) is 139 cm³/mol. The van der Waals surface area contributed by atoms with E-state index in [1.54, 1.807) is 48.8 Å². The highest BCUT2D eigenvalue weighted by Gasteiger charge is 2.26. The third-order valence-corrected chi connectivity index (χ3v) is 8.00. The molecule has 184 valence electrons. The number of sulfonamides is 1. The summed E-state index contributed by atoms with van der Waals surface area (Å²) in [4.78, 5) is 25.8. The van der Waals surface area contributed by atoms with E-state index in [1.807, 2.05) is 29.3 Å². The summed E-state index contributed by atoms with van der Waals surface area (Å²) in [7, 11) is -3.85. The molecule has 0 radical (unpaired) electrons. The summed E-state index contributed by atoms with van der Waals surface area (Å²) in [5.74, 6) is -0.0589. The summed E-state index contributed by atoms with van der Waals surface area (Å²) in [6.45, 7) is 4.97. The van der Waals surface area contributed by atoms with Crippen LogP contribution in [0.15, 0.2) is 90.2 Å². The quantitative estimate of drug-likeness (QED) is 0.430. The van der Waals surface area contributed by atoms with Crippen LogP contribution >= 0.6 is 0 Å². The second kappa shape index (κ2) is 10.0. The maximum absolute atomic E-state index is 13.1. The molecule has 0 spiro atoms. The minimum Gasteiger partial charge on any atom is -0.336 e. The molecule has 4 aromatic rings. The summed E-state index contributed by atoms with van der Waals surface area (Å²) in [6, 6.07) is 19.4. The second-order valence-electron chi connectivity index (χ2n) is 8.80. The fourth-order valence-electron chi connectivity index (χ4n) is 4.51. The van der Waals surface area contributed by atoms with E-state index in [-0.39, 0.29) is 16.8 Å². The van der Waals surface area contributed by atoms with Crippen LogP contribution in [0.5, 0.6) is 0 Å². The molecule has 1 aliphatic rings. The Kier molecular flexibility index (Phi) is 6.67. The molecule has 1 amide bonds. The Bertz CT molecular complexity index is 1460. The number of hydrogen-bond acceptors (Lipinski definition) is 6. The minimum atomic E-state index is -3.85. The summed E-state index contributed by atoms with van der Waals surface area (Å²) in [5, 5.41) is 0.747. The first kappa shape index (κ1) is 23.9. The lowest BCUT2D eigenvalue weighted by Gasteiger charge is -2.38. The van der Waals surface area contributed by atoms with E-state index in [1.165, 1.54) is 6.07 Å². The average Bonchev–Trinajstić information content (AvgIpc) is 2.93. The lowest BCUT2D eigenvalue weighted by Crippen LogP contribution is -2.49. The van der Waals surface area contributed by atoms with Gasteiger partial charge in [-0.3, -0.25) is 24.4 Å². The molecule has 1 N–H and O–H groups in total. The van der Waals surface area contributed by atoms with Gasteiger partial charge in [-0.1, -0.05) is 24.3 Å². The van der Waals surface area contributed by atoms with Gasteiger partial charge in [0.2, 0.25) is 0 Å². The van der Waals surface area contributed by atoms with Gasteiger partial charge in [0.1, 0.15) is 4.90 Å². The number of piperazine rings is 1. The molecular weight excluding hydrogens is 474 g/mol. The summed E-state index contributed by atoms with van der Waals surface area (Å²) in [5.41, 5.74) is 2.49. The number of aromatic nitrogens is 2. The predicted octanol–water partition coefficient (Wildman–Crippen LogP) is 3.95. The van der Waals surface area contributed by atoms with Gasteiger partial charge in [0.25, 0.3) is 15.9 Å². The average molecular weight is 502 g/mol. The largest absolute Gasteiger partial charge is 0.336 e. The van der Waals surface area contributed by atoms with Crippen molar-refractivity contribution in [2.24, 2.45) is 0 Å².